The van der Waals surface area contributed by atoms with Gasteiger partial charge < -0.3 is 5.32 Å². The van der Waals surface area contributed by atoms with Crippen LogP contribution in [0, 0.1) is 5.41 Å². The highest BCUT2D eigenvalue weighted by molar-refractivity contribution is 5.93. The summed E-state index contributed by atoms with van der Waals surface area (Å²) in [5.41, 5.74) is 1.78. The Hall–Kier alpha value is -1.50. The summed E-state index contributed by atoms with van der Waals surface area (Å²) >= 11 is 0. The number of fused-ring (bicyclic) bond motifs is 1. The van der Waals surface area contributed by atoms with Gasteiger partial charge in [0, 0.05) is 17.1 Å². The van der Waals surface area contributed by atoms with Crippen molar-refractivity contribution in [1.29, 1.82) is 0 Å². The second-order valence-electron chi connectivity index (χ2n) is 5.55. The zero-order valence-corrected chi connectivity index (χ0v) is 10.5. The molecule has 2 aromatic carbocycles. The molecule has 1 aliphatic rings. The zero-order valence-electron chi connectivity index (χ0n) is 10.5. The van der Waals surface area contributed by atoms with Gasteiger partial charge in [0.1, 0.15) is 0 Å². The molecule has 0 aromatic heterocycles. The van der Waals surface area contributed by atoms with Gasteiger partial charge in [0.2, 0.25) is 0 Å². The molecule has 17 heavy (non-hydrogen) atoms. The van der Waals surface area contributed by atoms with E-state index in [0.717, 1.165) is 0 Å². The number of benzene rings is 2. The van der Waals surface area contributed by atoms with Crippen LogP contribution in [0.1, 0.15) is 26.7 Å². The fourth-order valence-corrected chi connectivity index (χ4v) is 2.39. The quantitative estimate of drug-likeness (QED) is 0.814. The molecular formula is C16H19N. The molecule has 1 N–H and O–H groups in total. The summed E-state index contributed by atoms with van der Waals surface area (Å²) in [6.07, 6.45) is 2.71. The summed E-state index contributed by atoms with van der Waals surface area (Å²) in [6, 6.07) is 15.6. The van der Waals surface area contributed by atoms with Crippen LogP contribution < -0.4 is 5.32 Å². The summed E-state index contributed by atoms with van der Waals surface area (Å²) in [5, 5.41) is 6.32. The van der Waals surface area contributed by atoms with Crippen LogP contribution in [0.5, 0.6) is 0 Å². The van der Waals surface area contributed by atoms with Crippen LogP contribution >= 0.6 is 0 Å². The van der Waals surface area contributed by atoms with Crippen molar-refractivity contribution < 1.29 is 0 Å². The van der Waals surface area contributed by atoms with Gasteiger partial charge in [-0.3, -0.25) is 0 Å². The van der Waals surface area contributed by atoms with Crippen molar-refractivity contribution in [3.05, 3.63) is 42.5 Å². The first kappa shape index (κ1) is 10.6. The molecule has 0 radical (unpaired) electrons. The lowest BCUT2D eigenvalue weighted by atomic mass is 9.99. The molecule has 0 aliphatic heterocycles. The minimum Gasteiger partial charge on any atom is -0.382 e. The molecule has 88 valence electrons. The topological polar surface area (TPSA) is 12.0 Å². The Morgan fingerprint density at radius 3 is 2.53 bits per heavy atom. The van der Waals surface area contributed by atoms with E-state index < -0.39 is 0 Å². The lowest BCUT2D eigenvalue weighted by Gasteiger charge is -2.22. The monoisotopic (exact) mass is 225 g/mol. The first-order valence-electron chi connectivity index (χ1n) is 6.43. The van der Waals surface area contributed by atoms with Gasteiger partial charge in [-0.25, -0.2) is 0 Å². The molecule has 3 rings (SSSR count). The third-order valence-electron chi connectivity index (χ3n) is 4.25. The maximum absolute atomic E-state index is 3.69. The SMILES string of the molecule is CC(Nc1cccc2ccccc12)C1(C)CC1. The van der Waals surface area contributed by atoms with Crippen LogP contribution in [0.4, 0.5) is 5.69 Å². The Morgan fingerprint density at radius 2 is 1.76 bits per heavy atom. The summed E-state index contributed by atoms with van der Waals surface area (Å²) < 4.78 is 0. The minimum atomic E-state index is 0.511. The van der Waals surface area contributed by atoms with Gasteiger partial charge in [0.25, 0.3) is 0 Å². The van der Waals surface area contributed by atoms with E-state index in [-0.39, 0.29) is 0 Å². The van der Waals surface area contributed by atoms with Gasteiger partial charge in [-0.15, -0.1) is 0 Å². The molecule has 0 heterocycles. The molecule has 1 fully saturated rings. The molecule has 0 amide bonds. The van der Waals surface area contributed by atoms with E-state index in [4.69, 9.17) is 0 Å². The van der Waals surface area contributed by atoms with Gasteiger partial charge >= 0.3 is 0 Å². The second kappa shape index (κ2) is 3.76. The molecule has 0 spiro atoms. The van der Waals surface area contributed by atoms with E-state index in [2.05, 4.69) is 61.6 Å². The highest BCUT2D eigenvalue weighted by Gasteiger charge is 2.42. The number of anilines is 1. The largest absolute Gasteiger partial charge is 0.382 e. The molecule has 1 nitrogen and oxygen atoms in total. The third kappa shape index (κ3) is 1.90. The first-order valence-corrected chi connectivity index (χ1v) is 6.43. The molecule has 0 saturated heterocycles. The average Bonchev–Trinajstić information content (AvgIpc) is 3.09. The standard InChI is InChI=1S/C16H19N/c1-12(16(2)10-11-16)17-15-9-5-7-13-6-3-4-8-14(13)15/h3-9,12,17H,10-11H2,1-2H3. The van der Waals surface area contributed by atoms with Crippen LogP contribution in [0.2, 0.25) is 0 Å². The average molecular weight is 225 g/mol. The summed E-state index contributed by atoms with van der Waals surface area (Å²) in [5.74, 6) is 0. The van der Waals surface area contributed by atoms with Crippen molar-refractivity contribution in [1.82, 2.24) is 0 Å². The highest BCUT2D eigenvalue weighted by atomic mass is 14.9. The Balaban J connectivity index is 1.94. The molecule has 1 atom stereocenters. The smallest absolute Gasteiger partial charge is 0.0422 e. The Labute approximate surface area is 103 Å². The Bertz CT molecular complexity index is 535. The maximum Gasteiger partial charge on any atom is 0.0422 e. The van der Waals surface area contributed by atoms with E-state index in [0.29, 0.717) is 11.5 Å². The molecule has 1 saturated carbocycles. The van der Waals surface area contributed by atoms with Gasteiger partial charge in [0.05, 0.1) is 0 Å². The van der Waals surface area contributed by atoms with E-state index in [9.17, 15) is 0 Å². The van der Waals surface area contributed by atoms with Crippen LogP contribution in [-0.2, 0) is 0 Å². The minimum absolute atomic E-state index is 0.511. The fourth-order valence-electron chi connectivity index (χ4n) is 2.39. The van der Waals surface area contributed by atoms with Gasteiger partial charge in [-0.05, 0) is 36.6 Å². The molecule has 2 aromatic rings. The second-order valence-corrected chi connectivity index (χ2v) is 5.55. The van der Waals surface area contributed by atoms with Crippen LogP contribution in [-0.4, -0.2) is 6.04 Å². The Kier molecular flexibility index (Phi) is 2.36. The van der Waals surface area contributed by atoms with Gasteiger partial charge in [-0.1, -0.05) is 43.3 Å². The number of nitrogens with one attached hydrogen (secondary N) is 1. The summed E-state index contributed by atoms with van der Waals surface area (Å²) in [7, 11) is 0. The van der Waals surface area contributed by atoms with Crippen LogP contribution in [0.15, 0.2) is 42.5 Å². The third-order valence-corrected chi connectivity index (χ3v) is 4.25. The van der Waals surface area contributed by atoms with Crippen LogP contribution in [0.3, 0.4) is 0 Å². The maximum atomic E-state index is 3.69. The van der Waals surface area contributed by atoms with E-state index in [1.165, 1.54) is 29.3 Å². The van der Waals surface area contributed by atoms with Crippen molar-refractivity contribution in [3.8, 4) is 0 Å². The highest BCUT2D eigenvalue weighted by Crippen LogP contribution is 2.49. The van der Waals surface area contributed by atoms with Crippen molar-refractivity contribution in [2.24, 2.45) is 5.41 Å². The fraction of sp³-hybridized carbons (Fsp3) is 0.375. The van der Waals surface area contributed by atoms with Crippen molar-refractivity contribution in [2.45, 2.75) is 32.7 Å². The Morgan fingerprint density at radius 1 is 1.06 bits per heavy atom. The number of rotatable bonds is 3. The lowest BCUT2D eigenvalue weighted by Crippen LogP contribution is -2.24. The van der Waals surface area contributed by atoms with Crippen molar-refractivity contribution in [2.75, 3.05) is 5.32 Å². The predicted molar refractivity (Wildman–Crippen MR) is 74.4 cm³/mol. The lowest BCUT2D eigenvalue weighted by molar-refractivity contribution is 0.494. The van der Waals surface area contributed by atoms with Gasteiger partial charge in [-0.2, -0.15) is 0 Å². The summed E-state index contributed by atoms with van der Waals surface area (Å²) in [4.78, 5) is 0. The predicted octanol–water partition coefficient (Wildman–Crippen LogP) is 4.44. The van der Waals surface area contributed by atoms with Crippen molar-refractivity contribution >= 4 is 16.5 Å². The first-order chi connectivity index (χ1) is 8.19. The van der Waals surface area contributed by atoms with E-state index >= 15 is 0 Å². The van der Waals surface area contributed by atoms with E-state index in [1.54, 1.807) is 0 Å². The normalized spacial score (nSPS) is 18.9. The van der Waals surface area contributed by atoms with E-state index in [1.807, 2.05) is 0 Å². The number of hydrogen-bond donors (Lipinski definition) is 1. The van der Waals surface area contributed by atoms with Crippen molar-refractivity contribution in [3.63, 3.8) is 0 Å². The molecule has 0 bridgehead atoms. The molecule has 1 aliphatic carbocycles. The van der Waals surface area contributed by atoms with Crippen LogP contribution in [0.25, 0.3) is 10.8 Å². The zero-order chi connectivity index (χ0) is 11.9. The molecule has 1 unspecified atom stereocenters. The van der Waals surface area contributed by atoms with Gasteiger partial charge in [0.15, 0.2) is 0 Å². The number of hydrogen-bond acceptors (Lipinski definition) is 1. The molecular weight excluding hydrogens is 206 g/mol. The summed E-state index contributed by atoms with van der Waals surface area (Å²) in [6.45, 7) is 4.67. The molecule has 1 heteroatoms.